The zero-order chi connectivity index (χ0) is 15.8. The number of ether oxygens (including phenoxy) is 1. The Morgan fingerprint density at radius 3 is 2.48 bits per heavy atom. The van der Waals surface area contributed by atoms with E-state index in [1.54, 1.807) is 6.92 Å². The van der Waals surface area contributed by atoms with Crippen LogP contribution < -0.4 is 5.73 Å². The third kappa shape index (κ3) is 3.14. The number of alkyl halides is 3. The van der Waals surface area contributed by atoms with Crippen molar-refractivity contribution in [2.24, 2.45) is 17.6 Å². The molecule has 1 saturated heterocycles. The van der Waals surface area contributed by atoms with Crippen LogP contribution >= 0.6 is 0 Å². The van der Waals surface area contributed by atoms with Gasteiger partial charge in [-0.05, 0) is 19.8 Å². The normalized spacial score (nSPS) is 26.8. The predicted octanol–water partition coefficient (Wildman–Crippen LogP) is 1.19. The highest BCUT2D eigenvalue weighted by Crippen LogP contribution is 2.38. The molecule has 1 fully saturated rings. The molecule has 2 aliphatic heterocycles. The third-order valence-corrected chi connectivity index (χ3v) is 3.97. The van der Waals surface area contributed by atoms with E-state index in [2.05, 4.69) is 0 Å². The minimum atomic E-state index is -4.55. The fourth-order valence-electron chi connectivity index (χ4n) is 2.78. The maximum atomic E-state index is 12.9. The monoisotopic (exact) mass is 306 g/mol. The number of nitrogens with two attached hydrogens (primary N) is 1. The lowest BCUT2D eigenvalue weighted by Crippen LogP contribution is -2.37. The Balaban J connectivity index is 2.19. The molecule has 5 nitrogen and oxygen atoms in total. The molecule has 0 radical (unpaired) electrons. The summed E-state index contributed by atoms with van der Waals surface area (Å²) in [7, 11) is 0. The number of amides is 2. The Bertz CT molecular complexity index is 488. The van der Waals surface area contributed by atoms with Gasteiger partial charge in [-0.15, -0.1) is 0 Å². The van der Waals surface area contributed by atoms with Gasteiger partial charge >= 0.3 is 6.18 Å². The number of rotatable bonds is 2. The van der Waals surface area contributed by atoms with Gasteiger partial charge in [-0.1, -0.05) is 0 Å². The zero-order valence-corrected chi connectivity index (χ0v) is 11.6. The molecule has 2 atom stereocenters. The fraction of sp³-hybridized carbons (Fsp3) is 0.692. The average Bonchev–Trinajstić information content (AvgIpc) is 2.83. The number of hydrogen-bond acceptors (Lipinski definition) is 3. The van der Waals surface area contributed by atoms with E-state index in [-0.39, 0.29) is 6.54 Å². The zero-order valence-electron chi connectivity index (χ0n) is 11.6. The van der Waals surface area contributed by atoms with E-state index in [0.29, 0.717) is 30.8 Å². The van der Waals surface area contributed by atoms with Crippen molar-refractivity contribution in [2.45, 2.75) is 25.9 Å². The second-order valence-corrected chi connectivity index (χ2v) is 5.35. The SMILES string of the molecule is CC1=C(C(=O)N2C[C@@H](C(F)(F)F)[C@H](C(N)=O)C2)CCCO1. The van der Waals surface area contributed by atoms with Crippen LogP contribution in [0.1, 0.15) is 19.8 Å². The maximum absolute atomic E-state index is 12.9. The maximum Gasteiger partial charge on any atom is 0.394 e. The van der Waals surface area contributed by atoms with Crippen LogP contribution in [0, 0.1) is 11.8 Å². The molecule has 0 aliphatic carbocycles. The highest BCUT2D eigenvalue weighted by atomic mass is 19.4. The van der Waals surface area contributed by atoms with Crippen LogP contribution in [-0.4, -0.2) is 42.6 Å². The van der Waals surface area contributed by atoms with Gasteiger partial charge in [-0.3, -0.25) is 9.59 Å². The van der Waals surface area contributed by atoms with Crippen LogP contribution in [0.4, 0.5) is 13.2 Å². The van der Waals surface area contributed by atoms with Crippen LogP contribution in [0.25, 0.3) is 0 Å². The summed E-state index contributed by atoms with van der Waals surface area (Å²) in [5.74, 6) is -4.37. The number of allylic oxidation sites excluding steroid dienone is 1. The summed E-state index contributed by atoms with van der Waals surface area (Å²) in [5.41, 5.74) is 5.42. The number of carbonyl (C=O) groups excluding carboxylic acids is 2. The van der Waals surface area contributed by atoms with Crippen molar-refractivity contribution in [1.82, 2.24) is 4.90 Å². The lowest BCUT2D eigenvalue weighted by molar-refractivity contribution is -0.182. The predicted molar refractivity (Wildman–Crippen MR) is 66.7 cm³/mol. The van der Waals surface area contributed by atoms with E-state index in [4.69, 9.17) is 10.5 Å². The Hall–Kier alpha value is -1.73. The fourth-order valence-corrected chi connectivity index (χ4v) is 2.78. The molecule has 0 bridgehead atoms. The number of likely N-dealkylation sites (tertiary alicyclic amines) is 1. The van der Waals surface area contributed by atoms with Crippen molar-refractivity contribution in [3.63, 3.8) is 0 Å². The van der Waals surface area contributed by atoms with Gasteiger partial charge in [0.15, 0.2) is 0 Å². The van der Waals surface area contributed by atoms with Crippen molar-refractivity contribution in [1.29, 1.82) is 0 Å². The summed E-state index contributed by atoms with van der Waals surface area (Å²) in [6, 6.07) is 0. The Morgan fingerprint density at radius 2 is 2.00 bits per heavy atom. The minimum Gasteiger partial charge on any atom is -0.498 e. The van der Waals surface area contributed by atoms with Gasteiger partial charge in [0.1, 0.15) is 5.76 Å². The molecular weight excluding hydrogens is 289 g/mol. The first-order valence-electron chi connectivity index (χ1n) is 6.69. The van der Waals surface area contributed by atoms with Gasteiger partial charge < -0.3 is 15.4 Å². The topological polar surface area (TPSA) is 72.6 Å². The van der Waals surface area contributed by atoms with Crippen LogP contribution in [0.5, 0.6) is 0 Å². The summed E-state index contributed by atoms with van der Waals surface area (Å²) in [5, 5.41) is 0. The van der Waals surface area contributed by atoms with Crippen LogP contribution in [-0.2, 0) is 14.3 Å². The van der Waals surface area contributed by atoms with Crippen molar-refractivity contribution >= 4 is 11.8 Å². The number of primary amides is 1. The van der Waals surface area contributed by atoms with Crippen LogP contribution in [0.15, 0.2) is 11.3 Å². The second kappa shape index (κ2) is 5.57. The molecule has 0 aromatic carbocycles. The van der Waals surface area contributed by atoms with Crippen molar-refractivity contribution in [2.75, 3.05) is 19.7 Å². The van der Waals surface area contributed by atoms with E-state index >= 15 is 0 Å². The third-order valence-electron chi connectivity index (χ3n) is 3.97. The molecule has 2 heterocycles. The van der Waals surface area contributed by atoms with E-state index < -0.39 is 36.4 Å². The molecular formula is C13H17F3N2O3. The molecule has 8 heteroatoms. The molecule has 0 unspecified atom stereocenters. The van der Waals surface area contributed by atoms with Crippen molar-refractivity contribution in [3.8, 4) is 0 Å². The number of hydrogen-bond donors (Lipinski definition) is 1. The quantitative estimate of drug-likeness (QED) is 0.833. The standard InChI is InChI=1S/C13H17F3N2O3/c1-7-8(3-2-4-21-7)12(20)18-5-9(11(17)19)10(6-18)13(14,15)16/h9-10H,2-6H2,1H3,(H2,17,19)/t9-,10-/m1/s1. The van der Waals surface area contributed by atoms with Crippen molar-refractivity contribution < 1.29 is 27.5 Å². The van der Waals surface area contributed by atoms with Gasteiger partial charge in [0, 0.05) is 13.1 Å². The van der Waals surface area contributed by atoms with E-state index in [0.717, 1.165) is 4.90 Å². The molecule has 2 rings (SSSR count). The molecule has 2 amide bonds. The molecule has 2 aliphatic rings. The molecule has 0 spiro atoms. The van der Waals surface area contributed by atoms with Crippen LogP contribution in [0.2, 0.25) is 0 Å². The smallest absolute Gasteiger partial charge is 0.394 e. The first-order valence-corrected chi connectivity index (χ1v) is 6.69. The number of nitrogens with zero attached hydrogens (tertiary/aromatic N) is 1. The van der Waals surface area contributed by atoms with Crippen LogP contribution in [0.3, 0.4) is 0 Å². The number of carbonyl (C=O) groups is 2. The molecule has 0 aromatic rings. The Kier molecular flexibility index (Phi) is 4.15. The highest BCUT2D eigenvalue weighted by Gasteiger charge is 2.53. The largest absolute Gasteiger partial charge is 0.498 e. The summed E-state index contributed by atoms with van der Waals surface area (Å²) < 4.78 is 44.1. The first-order chi connectivity index (χ1) is 9.71. The average molecular weight is 306 g/mol. The second-order valence-electron chi connectivity index (χ2n) is 5.35. The Morgan fingerprint density at radius 1 is 1.33 bits per heavy atom. The van der Waals surface area contributed by atoms with Gasteiger partial charge in [-0.2, -0.15) is 13.2 Å². The summed E-state index contributed by atoms with van der Waals surface area (Å²) in [6.45, 7) is 1.29. The minimum absolute atomic E-state index is 0.297. The summed E-state index contributed by atoms with van der Waals surface area (Å²) in [6.07, 6.45) is -3.44. The van der Waals surface area contributed by atoms with Gasteiger partial charge in [0.2, 0.25) is 5.91 Å². The molecule has 0 saturated carbocycles. The van der Waals surface area contributed by atoms with E-state index in [1.165, 1.54) is 0 Å². The summed E-state index contributed by atoms with van der Waals surface area (Å²) >= 11 is 0. The lowest BCUT2D eigenvalue weighted by Gasteiger charge is -2.23. The lowest BCUT2D eigenvalue weighted by atomic mass is 9.95. The van der Waals surface area contributed by atoms with Gasteiger partial charge in [0.05, 0.1) is 24.0 Å². The Labute approximate surface area is 119 Å². The van der Waals surface area contributed by atoms with Gasteiger partial charge in [-0.25, -0.2) is 0 Å². The first kappa shape index (κ1) is 15.7. The van der Waals surface area contributed by atoms with E-state index in [1.807, 2.05) is 0 Å². The van der Waals surface area contributed by atoms with Gasteiger partial charge in [0.25, 0.3) is 5.91 Å². The molecule has 0 aromatic heterocycles. The van der Waals surface area contributed by atoms with Crippen molar-refractivity contribution in [3.05, 3.63) is 11.3 Å². The van der Waals surface area contributed by atoms with E-state index in [9.17, 15) is 22.8 Å². The molecule has 2 N–H and O–H groups in total. The molecule has 21 heavy (non-hydrogen) atoms. The summed E-state index contributed by atoms with van der Waals surface area (Å²) in [4.78, 5) is 24.6. The highest BCUT2D eigenvalue weighted by molar-refractivity contribution is 5.94. The molecule has 118 valence electrons. The number of halogens is 3.